The highest BCUT2D eigenvalue weighted by Crippen LogP contribution is 2.48. The number of halogens is 5. The molecule has 2 heterocycles. The molecule has 6 nitrogen and oxygen atoms in total. The molecular weight excluding hydrogens is 640 g/mol. The van der Waals surface area contributed by atoms with Crippen molar-refractivity contribution in [2.75, 3.05) is 0 Å². The lowest BCUT2D eigenvalue weighted by atomic mass is 9.91. The Hall–Kier alpha value is -2.48. The first kappa shape index (κ1) is 26.1. The first-order valence-corrected chi connectivity index (χ1v) is 14.2. The Balaban J connectivity index is 1.80. The minimum atomic E-state index is -4.20. The molecule has 0 radical (unpaired) electrons. The van der Waals surface area contributed by atoms with Gasteiger partial charge in [-0.25, -0.2) is 31.4 Å². The number of rotatable bonds is 5. The second-order valence-corrected chi connectivity index (χ2v) is 12.4. The van der Waals surface area contributed by atoms with Gasteiger partial charge in [-0.3, -0.25) is 4.98 Å². The van der Waals surface area contributed by atoms with E-state index in [2.05, 4.69) is 10.1 Å². The molecule has 4 aromatic rings. The summed E-state index contributed by atoms with van der Waals surface area (Å²) in [6, 6.07) is 8.15. The molecule has 12 heteroatoms. The monoisotopic (exact) mass is 658 g/mol. The molecule has 0 spiro atoms. The third-order valence-corrected chi connectivity index (χ3v) is 9.21. The highest BCUT2D eigenvalue weighted by Gasteiger charge is 2.48. The van der Waals surface area contributed by atoms with Gasteiger partial charge in [0.05, 0.1) is 0 Å². The van der Waals surface area contributed by atoms with Gasteiger partial charge in [0.1, 0.15) is 21.9 Å². The number of aromatic nitrogens is 3. The van der Waals surface area contributed by atoms with E-state index in [1.807, 2.05) is 0 Å². The molecule has 0 aliphatic heterocycles. The standard InChI is InChI=1S/C25H19ClF3IN4O2S/c26-15-9-17(22(29)19(10-15)25(37(31,35)36)5-1-2-6-25)18-13-34(24-20(27)11-16(30)12-21(24)28)33-23(18)14-3-7-32-8-4-14/h3-4,7-13H,1-2,5-6H2,(H2,31,35,36). The van der Waals surface area contributed by atoms with Crippen LogP contribution in [0.3, 0.4) is 0 Å². The highest BCUT2D eigenvalue weighted by atomic mass is 127. The zero-order valence-corrected chi connectivity index (χ0v) is 22.8. The van der Waals surface area contributed by atoms with E-state index in [9.17, 15) is 17.2 Å². The lowest BCUT2D eigenvalue weighted by Gasteiger charge is -2.28. The summed E-state index contributed by atoms with van der Waals surface area (Å²) < 4.78 is 71.1. The van der Waals surface area contributed by atoms with Crippen molar-refractivity contribution >= 4 is 44.2 Å². The summed E-state index contributed by atoms with van der Waals surface area (Å²) in [7, 11) is -4.20. The molecule has 2 aromatic carbocycles. The topological polar surface area (TPSA) is 90.9 Å². The maximum atomic E-state index is 16.3. The fourth-order valence-electron chi connectivity index (χ4n) is 4.93. The Morgan fingerprint density at radius 2 is 1.62 bits per heavy atom. The van der Waals surface area contributed by atoms with Crippen molar-refractivity contribution in [1.29, 1.82) is 0 Å². The van der Waals surface area contributed by atoms with Crippen LogP contribution in [0.2, 0.25) is 5.02 Å². The number of sulfonamides is 1. The van der Waals surface area contributed by atoms with Crippen molar-refractivity contribution in [3.63, 3.8) is 0 Å². The lowest BCUT2D eigenvalue weighted by molar-refractivity contribution is 0.501. The largest absolute Gasteiger partial charge is 0.265 e. The van der Waals surface area contributed by atoms with E-state index in [1.54, 1.807) is 34.7 Å². The molecule has 1 saturated carbocycles. The number of nitrogens with zero attached hydrogens (tertiary/aromatic N) is 3. The molecule has 1 fully saturated rings. The molecule has 0 bridgehead atoms. The molecule has 0 saturated heterocycles. The Morgan fingerprint density at radius 1 is 1.00 bits per heavy atom. The van der Waals surface area contributed by atoms with Crippen LogP contribution < -0.4 is 5.14 Å². The Labute approximate surface area is 229 Å². The smallest absolute Gasteiger partial charge is 0.219 e. The van der Waals surface area contributed by atoms with E-state index >= 15 is 4.39 Å². The number of benzene rings is 2. The van der Waals surface area contributed by atoms with Crippen molar-refractivity contribution in [3.05, 3.63) is 86.6 Å². The van der Waals surface area contributed by atoms with Crippen molar-refractivity contribution < 1.29 is 21.6 Å². The van der Waals surface area contributed by atoms with Gasteiger partial charge in [-0.05, 0) is 71.8 Å². The first-order valence-electron chi connectivity index (χ1n) is 11.2. The zero-order valence-electron chi connectivity index (χ0n) is 19.1. The second kappa shape index (κ2) is 9.68. The number of hydrogen-bond acceptors (Lipinski definition) is 4. The van der Waals surface area contributed by atoms with Gasteiger partial charge in [0, 0.05) is 49.4 Å². The fourth-order valence-corrected chi connectivity index (χ4v) is 7.01. The SMILES string of the molecule is NS(=O)(=O)C1(c2cc(Cl)cc(-c3cn(-c4c(F)cc(I)cc4F)nc3-c3ccncc3)c2F)CCCC1. The Bertz CT molecular complexity index is 1600. The van der Waals surface area contributed by atoms with Crippen LogP contribution in [-0.2, 0) is 14.8 Å². The van der Waals surface area contributed by atoms with E-state index in [-0.39, 0.29) is 40.2 Å². The van der Waals surface area contributed by atoms with Crippen LogP contribution in [0.25, 0.3) is 28.1 Å². The maximum absolute atomic E-state index is 16.3. The van der Waals surface area contributed by atoms with Gasteiger partial charge < -0.3 is 0 Å². The number of hydrogen-bond donors (Lipinski definition) is 1. The van der Waals surface area contributed by atoms with E-state index in [4.69, 9.17) is 16.7 Å². The normalized spacial score (nSPS) is 15.3. The summed E-state index contributed by atoms with van der Waals surface area (Å²) in [6.07, 6.45) is 5.71. The average Bonchev–Trinajstić information content (AvgIpc) is 3.49. The molecule has 37 heavy (non-hydrogen) atoms. The molecule has 0 atom stereocenters. The average molecular weight is 659 g/mol. The Morgan fingerprint density at radius 3 is 2.22 bits per heavy atom. The van der Waals surface area contributed by atoms with Crippen molar-refractivity contribution in [3.8, 4) is 28.1 Å². The van der Waals surface area contributed by atoms with Crippen molar-refractivity contribution in [1.82, 2.24) is 14.8 Å². The van der Waals surface area contributed by atoms with Gasteiger partial charge in [0.25, 0.3) is 0 Å². The summed E-state index contributed by atoms with van der Waals surface area (Å²) in [5.74, 6) is -2.55. The third kappa shape index (κ3) is 4.55. The molecule has 1 aliphatic carbocycles. The van der Waals surface area contributed by atoms with Gasteiger partial charge in [-0.2, -0.15) is 5.10 Å². The number of pyridine rings is 1. The summed E-state index contributed by atoms with van der Waals surface area (Å²) in [5, 5.41) is 10.1. The zero-order chi connectivity index (χ0) is 26.5. The predicted molar refractivity (Wildman–Crippen MR) is 143 cm³/mol. The number of nitrogens with two attached hydrogens (primary N) is 1. The van der Waals surface area contributed by atoms with Crippen molar-refractivity contribution in [2.45, 2.75) is 30.4 Å². The molecule has 2 aromatic heterocycles. The molecule has 2 N–H and O–H groups in total. The predicted octanol–water partition coefficient (Wildman–Crippen LogP) is 6.33. The fraction of sp³-hybridized carbons (Fsp3) is 0.200. The number of primary sulfonamides is 1. The van der Waals surface area contributed by atoms with E-state index in [0.29, 0.717) is 22.0 Å². The molecular formula is C25H19ClF3IN4O2S. The van der Waals surface area contributed by atoms with Gasteiger partial charge in [-0.1, -0.05) is 24.4 Å². The highest BCUT2D eigenvalue weighted by molar-refractivity contribution is 14.1. The van der Waals surface area contributed by atoms with Crippen LogP contribution in [0.4, 0.5) is 13.2 Å². The summed E-state index contributed by atoms with van der Waals surface area (Å²) in [4.78, 5) is 3.98. The van der Waals surface area contributed by atoms with Crippen LogP contribution >= 0.6 is 34.2 Å². The summed E-state index contributed by atoms with van der Waals surface area (Å²) in [5.41, 5.74) is 0.214. The van der Waals surface area contributed by atoms with Gasteiger partial charge in [-0.15, -0.1) is 0 Å². The van der Waals surface area contributed by atoms with Gasteiger partial charge in [0.2, 0.25) is 10.0 Å². The molecule has 0 amide bonds. The summed E-state index contributed by atoms with van der Waals surface area (Å²) >= 11 is 8.19. The molecule has 5 rings (SSSR count). The van der Waals surface area contributed by atoms with E-state index in [0.717, 1.165) is 16.8 Å². The second-order valence-electron chi connectivity index (χ2n) is 8.85. The van der Waals surface area contributed by atoms with Crippen molar-refractivity contribution in [2.24, 2.45) is 5.14 Å². The molecule has 1 aliphatic rings. The lowest BCUT2D eigenvalue weighted by Crippen LogP contribution is -2.39. The van der Waals surface area contributed by atoms with E-state index < -0.39 is 37.9 Å². The van der Waals surface area contributed by atoms with Crippen LogP contribution in [0.5, 0.6) is 0 Å². The van der Waals surface area contributed by atoms with Gasteiger partial charge in [0.15, 0.2) is 11.6 Å². The van der Waals surface area contributed by atoms with Crippen LogP contribution in [-0.4, -0.2) is 23.2 Å². The summed E-state index contributed by atoms with van der Waals surface area (Å²) in [6.45, 7) is 0. The maximum Gasteiger partial charge on any atom is 0.219 e. The molecule has 192 valence electrons. The minimum absolute atomic E-state index is 0.0678. The quantitative estimate of drug-likeness (QED) is 0.254. The van der Waals surface area contributed by atoms with Crippen LogP contribution in [0, 0.1) is 21.0 Å². The van der Waals surface area contributed by atoms with Crippen LogP contribution in [0.15, 0.2) is 55.0 Å². The molecule has 0 unspecified atom stereocenters. The third-order valence-electron chi connectivity index (χ3n) is 6.65. The van der Waals surface area contributed by atoms with Gasteiger partial charge >= 0.3 is 0 Å². The minimum Gasteiger partial charge on any atom is -0.265 e. The van der Waals surface area contributed by atoms with E-state index in [1.165, 1.54) is 30.7 Å². The first-order chi connectivity index (χ1) is 17.5. The van der Waals surface area contributed by atoms with Crippen LogP contribution in [0.1, 0.15) is 31.2 Å². The Kier molecular flexibility index (Phi) is 6.84.